The fourth-order valence-electron chi connectivity index (χ4n) is 2.82. The van der Waals surface area contributed by atoms with Gasteiger partial charge < -0.3 is 14.6 Å². The molecule has 0 saturated heterocycles. The number of imidazole rings is 1. The van der Waals surface area contributed by atoms with Gasteiger partial charge in [-0.2, -0.15) is 0 Å². The number of hydrogen-bond acceptors (Lipinski definition) is 3. The lowest BCUT2D eigenvalue weighted by Gasteiger charge is -2.12. The van der Waals surface area contributed by atoms with Gasteiger partial charge in [-0.25, -0.2) is 4.98 Å². The number of nitrogens with one attached hydrogen (secondary N) is 1. The molecule has 4 heteroatoms. The predicted molar refractivity (Wildman–Crippen MR) is 98.3 cm³/mol. The number of hydrogen-bond donors (Lipinski definition) is 1. The Morgan fingerprint density at radius 1 is 1.17 bits per heavy atom. The van der Waals surface area contributed by atoms with E-state index in [1.807, 2.05) is 24.3 Å². The zero-order valence-electron chi connectivity index (χ0n) is 14.0. The van der Waals surface area contributed by atoms with E-state index in [1.165, 1.54) is 0 Å². The molecule has 3 rings (SSSR count). The Morgan fingerprint density at radius 3 is 2.79 bits per heavy atom. The second kappa shape index (κ2) is 7.68. The van der Waals surface area contributed by atoms with Crippen LogP contribution in [0.2, 0.25) is 0 Å². The van der Waals surface area contributed by atoms with Crippen LogP contribution in [0, 0.1) is 6.92 Å². The molecule has 0 amide bonds. The van der Waals surface area contributed by atoms with E-state index >= 15 is 0 Å². The van der Waals surface area contributed by atoms with E-state index in [9.17, 15) is 0 Å². The maximum atomic E-state index is 5.96. The summed E-state index contributed by atoms with van der Waals surface area (Å²) in [5.41, 5.74) is 3.34. The van der Waals surface area contributed by atoms with Gasteiger partial charge in [0.1, 0.15) is 18.2 Å². The number of benzene rings is 2. The standard InChI is InChI=1S/C20H23N3O/c1-3-21-13-12-20-22-17-9-5-6-10-18(17)23(20)14-15-24-19-11-7-4-8-16(19)2/h3-11,21H,1,12-15H2,2H3. The summed E-state index contributed by atoms with van der Waals surface area (Å²) < 4.78 is 8.21. The van der Waals surface area contributed by atoms with Crippen molar-refractivity contribution in [1.82, 2.24) is 14.9 Å². The first-order valence-corrected chi connectivity index (χ1v) is 8.26. The van der Waals surface area contributed by atoms with E-state index < -0.39 is 0 Å². The number of ether oxygens (including phenoxy) is 1. The minimum Gasteiger partial charge on any atom is -0.491 e. The highest BCUT2D eigenvalue weighted by molar-refractivity contribution is 5.75. The lowest BCUT2D eigenvalue weighted by molar-refractivity contribution is 0.296. The van der Waals surface area contributed by atoms with Crippen LogP contribution in [0.3, 0.4) is 0 Å². The summed E-state index contributed by atoms with van der Waals surface area (Å²) in [6, 6.07) is 16.3. The molecule has 4 nitrogen and oxygen atoms in total. The van der Waals surface area contributed by atoms with Crippen LogP contribution in [-0.4, -0.2) is 22.7 Å². The fraction of sp³-hybridized carbons (Fsp3) is 0.250. The molecule has 0 spiro atoms. The molecule has 0 atom stereocenters. The van der Waals surface area contributed by atoms with E-state index in [4.69, 9.17) is 9.72 Å². The Hall–Kier alpha value is -2.75. The summed E-state index contributed by atoms with van der Waals surface area (Å²) in [7, 11) is 0. The Labute approximate surface area is 142 Å². The third-order valence-electron chi connectivity index (χ3n) is 4.04. The van der Waals surface area contributed by atoms with Crippen molar-refractivity contribution in [2.45, 2.75) is 19.9 Å². The second-order valence-electron chi connectivity index (χ2n) is 5.69. The van der Waals surface area contributed by atoms with Crippen LogP contribution in [0.25, 0.3) is 11.0 Å². The van der Waals surface area contributed by atoms with E-state index in [1.54, 1.807) is 6.20 Å². The van der Waals surface area contributed by atoms with Gasteiger partial charge in [-0.1, -0.05) is 36.9 Å². The molecule has 1 aromatic heterocycles. The van der Waals surface area contributed by atoms with Gasteiger partial charge in [0, 0.05) is 13.0 Å². The minimum atomic E-state index is 0.618. The van der Waals surface area contributed by atoms with Crippen molar-refractivity contribution >= 4 is 11.0 Å². The van der Waals surface area contributed by atoms with Crippen molar-refractivity contribution in [1.29, 1.82) is 0 Å². The first-order valence-electron chi connectivity index (χ1n) is 8.26. The first kappa shape index (κ1) is 16.1. The molecule has 0 radical (unpaired) electrons. The molecule has 1 N–H and O–H groups in total. The Bertz CT molecular complexity index is 823. The molecule has 0 saturated carbocycles. The number of aromatic nitrogens is 2. The molecule has 24 heavy (non-hydrogen) atoms. The van der Waals surface area contributed by atoms with Crippen LogP contribution in [0.1, 0.15) is 11.4 Å². The Kier molecular flexibility index (Phi) is 5.16. The SMILES string of the molecule is C=CNCCc1nc2ccccc2n1CCOc1ccccc1C. The van der Waals surface area contributed by atoms with Gasteiger partial charge >= 0.3 is 0 Å². The molecular formula is C20H23N3O. The number of fused-ring (bicyclic) bond motifs is 1. The maximum Gasteiger partial charge on any atom is 0.122 e. The molecular weight excluding hydrogens is 298 g/mol. The minimum absolute atomic E-state index is 0.618. The lowest BCUT2D eigenvalue weighted by atomic mass is 10.2. The Morgan fingerprint density at radius 2 is 1.96 bits per heavy atom. The topological polar surface area (TPSA) is 39.1 Å². The molecule has 1 heterocycles. The van der Waals surface area contributed by atoms with Crippen LogP contribution in [0.15, 0.2) is 61.3 Å². The van der Waals surface area contributed by atoms with Gasteiger partial charge in [-0.3, -0.25) is 0 Å². The van der Waals surface area contributed by atoms with E-state index in [-0.39, 0.29) is 0 Å². The molecule has 0 bridgehead atoms. The molecule has 3 aromatic rings. The van der Waals surface area contributed by atoms with Crippen LogP contribution < -0.4 is 10.1 Å². The zero-order valence-corrected chi connectivity index (χ0v) is 14.0. The van der Waals surface area contributed by atoms with Gasteiger partial charge in [-0.15, -0.1) is 0 Å². The van der Waals surface area contributed by atoms with E-state index in [0.717, 1.165) is 47.7 Å². The van der Waals surface area contributed by atoms with E-state index in [2.05, 4.69) is 47.7 Å². The van der Waals surface area contributed by atoms with Crippen molar-refractivity contribution in [2.75, 3.05) is 13.2 Å². The molecule has 0 aliphatic carbocycles. The molecule has 0 aliphatic rings. The summed E-state index contributed by atoms with van der Waals surface area (Å²) >= 11 is 0. The van der Waals surface area contributed by atoms with Crippen LogP contribution in [-0.2, 0) is 13.0 Å². The summed E-state index contributed by atoms with van der Waals surface area (Å²) in [6.07, 6.45) is 2.57. The number of aryl methyl sites for hydroxylation is 1. The van der Waals surface area contributed by atoms with Crippen molar-refractivity contribution in [2.24, 2.45) is 0 Å². The van der Waals surface area contributed by atoms with Crippen LogP contribution >= 0.6 is 0 Å². The average molecular weight is 321 g/mol. The summed E-state index contributed by atoms with van der Waals surface area (Å²) in [5, 5.41) is 3.14. The van der Waals surface area contributed by atoms with Gasteiger partial charge in [0.2, 0.25) is 0 Å². The number of para-hydroxylation sites is 3. The van der Waals surface area contributed by atoms with Crippen molar-refractivity contribution in [3.63, 3.8) is 0 Å². The average Bonchev–Trinajstić information content (AvgIpc) is 2.95. The van der Waals surface area contributed by atoms with Crippen molar-refractivity contribution in [3.05, 3.63) is 72.7 Å². The molecule has 0 fully saturated rings. The molecule has 0 aliphatic heterocycles. The fourth-order valence-corrected chi connectivity index (χ4v) is 2.82. The van der Waals surface area contributed by atoms with Gasteiger partial charge in [0.15, 0.2) is 0 Å². The summed E-state index contributed by atoms with van der Waals surface area (Å²) in [6.45, 7) is 7.97. The van der Waals surface area contributed by atoms with Gasteiger partial charge in [0.25, 0.3) is 0 Å². The maximum absolute atomic E-state index is 5.96. The smallest absolute Gasteiger partial charge is 0.122 e. The van der Waals surface area contributed by atoms with E-state index in [0.29, 0.717) is 6.61 Å². The number of nitrogens with zero attached hydrogens (tertiary/aromatic N) is 2. The zero-order chi connectivity index (χ0) is 16.8. The largest absolute Gasteiger partial charge is 0.491 e. The summed E-state index contributed by atoms with van der Waals surface area (Å²) in [5.74, 6) is 2.01. The highest BCUT2D eigenvalue weighted by Crippen LogP contribution is 2.18. The monoisotopic (exact) mass is 321 g/mol. The highest BCUT2D eigenvalue weighted by Gasteiger charge is 2.10. The first-order chi connectivity index (χ1) is 11.8. The van der Waals surface area contributed by atoms with Crippen molar-refractivity contribution < 1.29 is 4.74 Å². The molecule has 0 unspecified atom stereocenters. The van der Waals surface area contributed by atoms with Crippen molar-refractivity contribution in [3.8, 4) is 5.75 Å². The van der Waals surface area contributed by atoms with Crippen LogP contribution in [0.4, 0.5) is 0 Å². The van der Waals surface area contributed by atoms with Gasteiger partial charge in [-0.05, 0) is 36.9 Å². The van der Waals surface area contributed by atoms with Crippen LogP contribution in [0.5, 0.6) is 5.75 Å². The Balaban J connectivity index is 1.75. The lowest BCUT2D eigenvalue weighted by Crippen LogP contribution is -2.16. The normalized spacial score (nSPS) is 10.7. The second-order valence-corrected chi connectivity index (χ2v) is 5.69. The number of rotatable bonds is 8. The predicted octanol–water partition coefficient (Wildman–Crippen LogP) is 3.70. The quantitative estimate of drug-likeness (QED) is 0.643. The molecule has 124 valence electrons. The third-order valence-corrected chi connectivity index (χ3v) is 4.04. The molecule has 2 aromatic carbocycles. The van der Waals surface area contributed by atoms with Gasteiger partial charge in [0.05, 0.1) is 17.6 Å². The third kappa shape index (κ3) is 3.59. The highest BCUT2D eigenvalue weighted by atomic mass is 16.5. The summed E-state index contributed by atoms with van der Waals surface area (Å²) in [4.78, 5) is 4.76.